The Morgan fingerprint density at radius 3 is 2.29 bits per heavy atom. The number of nitrogens with one attached hydrogen (secondary N) is 2. The number of benzene rings is 3. The maximum absolute atomic E-state index is 13.0. The lowest BCUT2D eigenvalue weighted by Gasteiger charge is -2.11. The minimum absolute atomic E-state index is 0.00698. The van der Waals surface area contributed by atoms with Crippen LogP contribution in [-0.2, 0) is 16.4 Å². The van der Waals surface area contributed by atoms with Crippen LogP contribution in [0.15, 0.2) is 84.3 Å². The van der Waals surface area contributed by atoms with Gasteiger partial charge in [0.25, 0.3) is 15.9 Å². The number of hydrogen-bond donors (Lipinski definition) is 2. The first-order chi connectivity index (χ1) is 14.8. The SMILES string of the molecule is C=CCc1cc(C(=O)Nc2ccc(S(=O)(=O)Nc3ccc(F)cc3)cc2)ccc1OC. The summed E-state index contributed by atoms with van der Waals surface area (Å²) in [7, 11) is -2.29. The highest BCUT2D eigenvalue weighted by Crippen LogP contribution is 2.22. The highest BCUT2D eigenvalue weighted by atomic mass is 32.2. The summed E-state index contributed by atoms with van der Waals surface area (Å²) in [6, 6.07) is 15.8. The fourth-order valence-electron chi connectivity index (χ4n) is 2.89. The summed E-state index contributed by atoms with van der Waals surface area (Å²) in [5, 5.41) is 2.74. The largest absolute Gasteiger partial charge is 0.496 e. The van der Waals surface area contributed by atoms with Crippen LogP contribution in [0.1, 0.15) is 15.9 Å². The van der Waals surface area contributed by atoms with E-state index in [1.165, 1.54) is 36.4 Å². The van der Waals surface area contributed by atoms with Gasteiger partial charge in [0.15, 0.2) is 0 Å². The number of allylic oxidation sites excluding steroid dienone is 1. The van der Waals surface area contributed by atoms with Crippen LogP contribution in [-0.4, -0.2) is 21.4 Å². The van der Waals surface area contributed by atoms with Crippen molar-refractivity contribution >= 4 is 27.3 Å². The lowest BCUT2D eigenvalue weighted by atomic mass is 10.1. The average molecular weight is 440 g/mol. The molecule has 2 N–H and O–H groups in total. The quantitative estimate of drug-likeness (QED) is 0.501. The summed E-state index contributed by atoms with van der Waals surface area (Å²) >= 11 is 0. The average Bonchev–Trinajstić information content (AvgIpc) is 2.76. The van der Waals surface area contributed by atoms with Crippen LogP contribution in [0.3, 0.4) is 0 Å². The summed E-state index contributed by atoms with van der Waals surface area (Å²) in [6.07, 6.45) is 2.27. The third-order valence-electron chi connectivity index (χ3n) is 4.43. The van der Waals surface area contributed by atoms with E-state index in [9.17, 15) is 17.6 Å². The van der Waals surface area contributed by atoms with Crippen LogP contribution in [0, 0.1) is 5.82 Å². The molecule has 3 aromatic carbocycles. The number of halogens is 1. The number of hydrogen-bond acceptors (Lipinski definition) is 4. The predicted molar refractivity (Wildman–Crippen MR) is 118 cm³/mol. The van der Waals surface area contributed by atoms with Crippen molar-refractivity contribution in [2.24, 2.45) is 0 Å². The molecular weight excluding hydrogens is 419 g/mol. The van der Waals surface area contributed by atoms with Gasteiger partial charge >= 0.3 is 0 Å². The molecule has 0 saturated heterocycles. The van der Waals surface area contributed by atoms with Crippen LogP contribution in [0.25, 0.3) is 0 Å². The molecule has 0 heterocycles. The van der Waals surface area contributed by atoms with Crippen molar-refractivity contribution in [3.05, 3.63) is 96.3 Å². The first kappa shape index (κ1) is 22.0. The standard InChI is InChI=1S/C23H21FN2O4S/c1-3-4-16-15-17(5-14-22(16)30-2)23(27)25-19-10-12-21(13-11-19)31(28,29)26-20-8-6-18(24)7-9-20/h3,5-15,26H,1,4H2,2H3,(H,25,27). The molecule has 160 valence electrons. The Balaban J connectivity index is 1.72. The van der Waals surface area contributed by atoms with E-state index in [-0.39, 0.29) is 16.5 Å². The molecule has 0 radical (unpaired) electrons. The van der Waals surface area contributed by atoms with Crippen molar-refractivity contribution < 1.29 is 22.3 Å². The van der Waals surface area contributed by atoms with Crippen molar-refractivity contribution in [2.75, 3.05) is 17.1 Å². The Morgan fingerprint density at radius 2 is 1.68 bits per heavy atom. The van der Waals surface area contributed by atoms with Gasteiger partial charge in [0.2, 0.25) is 0 Å². The van der Waals surface area contributed by atoms with Crippen LogP contribution in [0.4, 0.5) is 15.8 Å². The lowest BCUT2D eigenvalue weighted by Crippen LogP contribution is -2.14. The topological polar surface area (TPSA) is 84.5 Å². The molecule has 0 unspecified atom stereocenters. The van der Waals surface area contributed by atoms with Gasteiger partial charge in [0.05, 0.1) is 12.0 Å². The maximum Gasteiger partial charge on any atom is 0.261 e. The summed E-state index contributed by atoms with van der Waals surface area (Å²) in [4.78, 5) is 12.6. The monoisotopic (exact) mass is 440 g/mol. The first-order valence-electron chi connectivity index (χ1n) is 9.30. The molecular formula is C23H21FN2O4S. The van der Waals surface area contributed by atoms with Gasteiger partial charge in [-0.2, -0.15) is 0 Å². The summed E-state index contributed by atoms with van der Waals surface area (Å²) < 4.78 is 45.6. The second-order valence-corrected chi connectivity index (χ2v) is 8.29. The number of carbonyl (C=O) groups is 1. The molecule has 0 spiro atoms. The second-order valence-electron chi connectivity index (χ2n) is 6.61. The number of carbonyl (C=O) groups excluding carboxylic acids is 1. The molecule has 8 heteroatoms. The molecule has 0 saturated carbocycles. The molecule has 3 rings (SSSR count). The third-order valence-corrected chi connectivity index (χ3v) is 5.82. The highest BCUT2D eigenvalue weighted by Gasteiger charge is 2.15. The molecule has 3 aromatic rings. The van der Waals surface area contributed by atoms with Gasteiger partial charge in [-0.25, -0.2) is 12.8 Å². The minimum Gasteiger partial charge on any atom is -0.496 e. The Labute approximate surface area is 180 Å². The summed E-state index contributed by atoms with van der Waals surface area (Å²) in [6.45, 7) is 3.70. The van der Waals surface area contributed by atoms with Gasteiger partial charge < -0.3 is 10.1 Å². The smallest absolute Gasteiger partial charge is 0.261 e. The van der Waals surface area contributed by atoms with Crippen molar-refractivity contribution in [1.29, 1.82) is 0 Å². The number of methoxy groups -OCH3 is 1. The Morgan fingerprint density at radius 1 is 1.03 bits per heavy atom. The van der Waals surface area contributed by atoms with Gasteiger partial charge in [-0.05, 0) is 78.7 Å². The van der Waals surface area contributed by atoms with E-state index >= 15 is 0 Å². The minimum atomic E-state index is -3.85. The maximum atomic E-state index is 13.0. The zero-order valence-corrected chi connectivity index (χ0v) is 17.6. The van der Waals surface area contributed by atoms with E-state index in [1.54, 1.807) is 31.4 Å². The molecule has 0 atom stereocenters. The predicted octanol–water partition coefficient (Wildman–Crippen LogP) is 4.62. The van der Waals surface area contributed by atoms with Gasteiger partial charge in [-0.15, -0.1) is 6.58 Å². The van der Waals surface area contributed by atoms with Gasteiger partial charge in [0, 0.05) is 16.9 Å². The van der Waals surface area contributed by atoms with E-state index in [0.717, 1.165) is 17.7 Å². The normalized spacial score (nSPS) is 10.9. The highest BCUT2D eigenvalue weighted by molar-refractivity contribution is 7.92. The van der Waals surface area contributed by atoms with Crippen LogP contribution < -0.4 is 14.8 Å². The van der Waals surface area contributed by atoms with Crippen molar-refractivity contribution in [1.82, 2.24) is 0 Å². The van der Waals surface area contributed by atoms with E-state index in [4.69, 9.17) is 4.74 Å². The van der Waals surface area contributed by atoms with E-state index in [2.05, 4.69) is 16.6 Å². The molecule has 0 fully saturated rings. The first-order valence-corrected chi connectivity index (χ1v) is 10.8. The molecule has 31 heavy (non-hydrogen) atoms. The third kappa shape index (κ3) is 5.49. The fraction of sp³-hybridized carbons (Fsp3) is 0.0870. The Hall–Kier alpha value is -3.65. The molecule has 0 bridgehead atoms. The zero-order valence-electron chi connectivity index (χ0n) is 16.8. The van der Waals surface area contributed by atoms with Crippen LogP contribution in [0.5, 0.6) is 5.75 Å². The number of amides is 1. The Kier molecular flexibility index (Phi) is 6.71. The van der Waals surface area contributed by atoms with Gasteiger partial charge in [-0.3, -0.25) is 9.52 Å². The Bertz CT molecular complexity index is 1190. The van der Waals surface area contributed by atoms with E-state index in [1.807, 2.05) is 0 Å². The van der Waals surface area contributed by atoms with Crippen LogP contribution >= 0.6 is 0 Å². The summed E-state index contributed by atoms with van der Waals surface area (Å²) in [5.74, 6) is -0.135. The van der Waals surface area contributed by atoms with Crippen LogP contribution in [0.2, 0.25) is 0 Å². The molecule has 0 aliphatic rings. The molecule has 6 nitrogen and oxygen atoms in total. The molecule has 0 aliphatic heterocycles. The summed E-state index contributed by atoms with van der Waals surface area (Å²) in [5.41, 5.74) is 1.95. The lowest BCUT2D eigenvalue weighted by molar-refractivity contribution is 0.102. The molecule has 0 aromatic heterocycles. The van der Waals surface area contributed by atoms with Crippen molar-refractivity contribution in [2.45, 2.75) is 11.3 Å². The zero-order chi connectivity index (χ0) is 22.4. The van der Waals surface area contributed by atoms with E-state index < -0.39 is 15.8 Å². The van der Waals surface area contributed by atoms with Gasteiger partial charge in [0.1, 0.15) is 11.6 Å². The fourth-order valence-corrected chi connectivity index (χ4v) is 3.95. The number of sulfonamides is 1. The van der Waals surface area contributed by atoms with Gasteiger partial charge in [-0.1, -0.05) is 6.08 Å². The van der Waals surface area contributed by atoms with Crippen molar-refractivity contribution in [3.8, 4) is 5.75 Å². The molecule has 0 aliphatic carbocycles. The number of rotatable bonds is 8. The van der Waals surface area contributed by atoms with E-state index in [0.29, 0.717) is 23.4 Å². The van der Waals surface area contributed by atoms with Crippen molar-refractivity contribution in [3.63, 3.8) is 0 Å². The second kappa shape index (κ2) is 9.44. The molecule has 1 amide bonds. The number of anilines is 2. The number of ether oxygens (including phenoxy) is 1.